The van der Waals surface area contributed by atoms with E-state index < -0.39 is 10.0 Å². The van der Waals surface area contributed by atoms with E-state index in [9.17, 15) is 8.42 Å². The molecule has 4 nitrogen and oxygen atoms in total. The molecule has 7 heteroatoms. The summed E-state index contributed by atoms with van der Waals surface area (Å²) in [6, 6.07) is 12.3. The zero-order chi connectivity index (χ0) is 16.4. The summed E-state index contributed by atoms with van der Waals surface area (Å²) in [7, 11) is -3.65. The Morgan fingerprint density at radius 3 is 2.78 bits per heavy atom. The molecule has 0 fully saturated rings. The third-order valence-electron chi connectivity index (χ3n) is 3.30. The predicted octanol–water partition coefficient (Wildman–Crippen LogP) is 4.45. The Bertz CT molecular complexity index is 915. The first kappa shape index (κ1) is 16.3. The van der Waals surface area contributed by atoms with Gasteiger partial charge in [-0.1, -0.05) is 23.7 Å². The van der Waals surface area contributed by atoms with Gasteiger partial charge in [-0.05, 0) is 48.2 Å². The fraction of sp³-hybridized carbons (Fsp3) is 0.125. The van der Waals surface area contributed by atoms with Gasteiger partial charge >= 0.3 is 0 Å². The molecule has 23 heavy (non-hydrogen) atoms. The molecule has 0 aliphatic heterocycles. The number of nitrogens with one attached hydrogen (secondary N) is 1. The van der Waals surface area contributed by atoms with Crippen LogP contribution in [0.3, 0.4) is 0 Å². The summed E-state index contributed by atoms with van der Waals surface area (Å²) in [5, 5.41) is 2.34. The van der Waals surface area contributed by atoms with Gasteiger partial charge in [-0.3, -0.25) is 0 Å². The zero-order valence-corrected chi connectivity index (χ0v) is 14.6. The number of benzene rings is 1. The lowest BCUT2D eigenvalue weighted by atomic mass is 10.2. The fourth-order valence-corrected chi connectivity index (χ4v) is 4.32. The van der Waals surface area contributed by atoms with Crippen molar-refractivity contribution in [1.29, 1.82) is 0 Å². The van der Waals surface area contributed by atoms with Crippen LogP contribution in [0.5, 0.6) is 0 Å². The summed E-state index contributed by atoms with van der Waals surface area (Å²) in [5.41, 5.74) is 0.639. The fourth-order valence-electron chi connectivity index (χ4n) is 2.13. The summed E-state index contributed by atoms with van der Waals surface area (Å²) < 4.78 is 33.0. The van der Waals surface area contributed by atoms with Crippen LogP contribution in [0.25, 0.3) is 10.6 Å². The quantitative estimate of drug-likeness (QED) is 0.724. The summed E-state index contributed by atoms with van der Waals surface area (Å²) >= 11 is 7.46. The number of halogens is 1. The Hall–Kier alpha value is -1.60. The molecule has 0 atom stereocenters. The standard InChI is InChI=1S/C16H14ClNO3S2/c1-11-4-5-12(17)9-16(11)23(19,20)18-10-13-6-7-14(21-13)15-3-2-8-22-15/h2-9,18H,10H2,1H3. The van der Waals surface area contributed by atoms with Gasteiger partial charge in [0.15, 0.2) is 0 Å². The number of thiophene rings is 1. The highest BCUT2D eigenvalue weighted by Crippen LogP contribution is 2.27. The van der Waals surface area contributed by atoms with E-state index in [0.717, 1.165) is 10.6 Å². The topological polar surface area (TPSA) is 59.3 Å². The highest BCUT2D eigenvalue weighted by molar-refractivity contribution is 7.89. The molecule has 0 radical (unpaired) electrons. The van der Waals surface area contributed by atoms with E-state index in [4.69, 9.17) is 16.0 Å². The van der Waals surface area contributed by atoms with Crippen molar-refractivity contribution in [3.05, 3.63) is 64.2 Å². The van der Waals surface area contributed by atoms with Gasteiger partial charge in [0, 0.05) is 5.02 Å². The second-order valence-corrected chi connectivity index (χ2v) is 8.10. The van der Waals surface area contributed by atoms with E-state index in [0.29, 0.717) is 16.3 Å². The molecule has 0 saturated heterocycles. The van der Waals surface area contributed by atoms with Gasteiger partial charge in [0.1, 0.15) is 11.5 Å². The predicted molar refractivity (Wildman–Crippen MR) is 92.2 cm³/mol. The maximum atomic E-state index is 12.4. The summed E-state index contributed by atoms with van der Waals surface area (Å²) in [5.74, 6) is 1.28. The number of sulfonamides is 1. The van der Waals surface area contributed by atoms with Crippen LogP contribution in [0.2, 0.25) is 5.02 Å². The normalized spacial score (nSPS) is 11.7. The second-order valence-electron chi connectivity index (χ2n) is 4.98. The first-order valence-corrected chi connectivity index (χ1v) is 9.58. The molecule has 0 bridgehead atoms. The average molecular weight is 368 g/mol. The van der Waals surface area contributed by atoms with Gasteiger partial charge in [0.05, 0.1) is 16.3 Å². The number of aryl methyl sites for hydroxylation is 1. The zero-order valence-electron chi connectivity index (χ0n) is 12.2. The summed E-state index contributed by atoms with van der Waals surface area (Å²) in [4.78, 5) is 1.18. The van der Waals surface area contributed by atoms with E-state index in [-0.39, 0.29) is 11.4 Å². The van der Waals surface area contributed by atoms with Crippen molar-refractivity contribution in [2.75, 3.05) is 0 Å². The van der Waals surface area contributed by atoms with Crippen LogP contribution in [0, 0.1) is 6.92 Å². The minimum atomic E-state index is -3.65. The van der Waals surface area contributed by atoms with Crippen molar-refractivity contribution in [2.24, 2.45) is 0 Å². The number of hydrogen-bond donors (Lipinski definition) is 1. The van der Waals surface area contributed by atoms with Crippen molar-refractivity contribution in [2.45, 2.75) is 18.4 Å². The van der Waals surface area contributed by atoms with Crippen molar-refractivity contribution in [3.8, 4) is 10.6 Å². The Morgan fingerprint density at radius 1 is 1.22 bits per heavy atom. The SMILES string of the molecule is Cc1ccc(Cl)cc1S(=O)(=O)NCc1ccc(-c2cccs2)o1. The van der Waals surface area contributed by atoms with Crippen molar-refractivity contribution in [3.63, 3.8) is 0 Å². The largest absolute Gasteiger partial charge is 0.459 e. The second kappa shape index (κ2) is 6.49. The van der Waals surface area contributed by atoms with Gasteiger partial charge in [-0.25, -0.2) is 13.1 Å². The molecular weight excluding hydrogens is 354 g/mol. The summed E-state index contributed by atoms with van der Waals surface area (Å²) in [6.07, 6.45) is 0. The molecule has 3 aromatic rings. The van der Waals surface area contributed by atoms with E-state index in [2.05, 4.69) is 4.72 Å². The molecule has 0 saturated carbocycles. The van der Waals surface area contributed by atoms with Gasteiger partial charge < -0.3 is 4.42 Å². The number of hydrogen-bond acceptors (Lipinski definition) is 4. The molecule has 1 N–H and O–H groups in total. The smallest absolute Gasteiger partial charge is 0.241 e. The molecule has 0 spiro atoms. The highest BCUT2D eigenvalue weighted by atomic mass is 35.5. The molecule has 1 aromatic carbocycles. The van der Waals surface area contributed by atoms with Crippen molar-refractivity contribution < 1.29 is 12.8 Å². The van der Waals surface area contributed by atoms with E-state index in [1.807, 2.05) is 23.6 Å². The van der Waals surface area contributed by atoms with Crippen molar-refractivity contribution in [1.82, 2.24) is 4.72 Å². The van der Waals surface area contributed by atoms with Crippen LogP contribution in [0.1, 0.15) is 11.3 Å². The molecule has 3 rings (SSSR count). The van der Waals surface area contributed by atoms with E-state index in [1.54, 1.807) is 36.5 Å². The Balaban J connectivity index is 1.76. The third kappa shape index (κ3) is 3.67. The number of rotatable bonds is 5. The number of furan rings is 1. The molecule has 0 aliphatic rings. The van der Waals surface area contributed by atoms with Gasteiger partial charge in [-0.15, -0.1) is 11.3 Å². The Labute approximate surface area is 143 Å². The first-order valence-electron chi connectivity index (χ1n) is 6.84. The monoisotopic (exact) mass is 367 g/mol. The lowest BCUT2D eigenvalue weighted by molar-refractivity contribution is 0.510. The molecule has 0 aliphatic carbocycles. The van der Waals surface area contributed by atoms with Gasteiger partial charge in [-0.2, -0.15) is 0 Å². The van der Waals surface area contributed by atoms with Crippen LogP contribution in [-0.4, -0.2) is 8.42 Å². The lowest BCUT2D eigenvalue weighted by Crippen LogP contribution is -2.23. The molecule has 2 heterocycles. The van der Waals surface area contributed by atoms with Gasteiger partial charge in [0.25, 0.3) is 0 Å². The molecule has 0 amide bonds. The summed E-state index contributed by atoms with van der Waals surface area (Å²) in [6.45, 7) is 1.81. The Morgan fingerprint density at radius 2 is 2.04 bits per heavy atom. The molecule has 2 aromatic heterocycles. The Kier molecular flexibility index (Phi) is 4.59. The maximum absolute atomic E-state index is 12.4. The highest BCUT2D eigenvalue weighted by Gasteiger charge is 2.18. The average Bonchev–Trinajstić information content (AvgIpc) is 3.18. The van der Waals surface area contributed by atoms with E-state index in [1.165, 1.54) is 6.07 Å². The van der Waals surface area contributed by atoms with Crippen LogP contribution >= 0.6 is 22.9 Å². The van der Waals surface area contributed by atoms with Crippen molar-refractivity contribution >= 4 is 33.0 Å². The lowest BCUT2D eigenvalue weighted by Gasteiger charge is -2.08. The van der Waals surface area contributed by atoms with E-state index >= 15 is 0 Å². The maximum Gasteiger partial charge on any atom is 0.241 e. The first-order chi connectivity index (χ1) is 11.0. The minimum absolute atomic E-state index is 0.0830. The minimum Gasteiger partial charge on any atom is -0.459 e. The molecule has 120 valence electrons. The van der Waals surface area contributed by atoms with Crippen LogP contribution in [-0.2, 0) is 16.6 Å². The van der Waals surface area contributed by atoms with Gasteiger partial charge in [0.2, 0.25) is 10.0 Å². The van der Waals surface area contributed by atoms with Crippen LogP contribution in [0.15, 0.2) is 57.2 Å². The molecular formula is C16H14ClNO3S2. The third-order valence-corrected chi connectivity index (χ3v) is 5.96. The van der Waals surface area contributed by atoms with Crippen LogP contribution in [0.4, 0.5) is 0 Å². The van der Waals surface area contributed by atoms with Crippen LogP contribution < -0.4 is 4.72 Å². The molecule has 0 unspecified atom stereocenters.